The van der Waals surface area contributed by atoms with Crippen LogP contribution < -0.4 is 10.1 Å². The molecule has 0 spiro atoms. The van der Waals surface area contributed by atoms with E-state index in [0.29, 0.717) is 36.7 Å². The zero-order valence-corrected chi connectivity index (χ0v) is 15.3. The number of aromatic nitrogens is 1. The molecule has 1 atom stereocenters. The Bertz CT molecular complexity index is 871. The maximum atomic E-state index is 12.6. The minimum Gasteiger partial charge on any atom is -0.437 e. The molecule has 0 radical (unpaired) electrons. The summed E-state index contributed by atoms with van der Waals surface area (Å²) in [6.07, 6.45) is 4.05. The Hall–Kier alpha value is -2.45. The number of sulfonamides is 1. The minimum absolute atomic E-state index is 0.194. The van der Waals surface area contributed by atoms with Gasteiger partial charge in [-0.15, -0.1) is 0 Å². The van der Waals surface area contributed by atoms with Crippen LogP contribution in [0, 0.1) is 5.92 Å². The van der Waals surface area contributed by atoms with Crippen LogP contribution in [-0.4, -0.2) is 43.0 Å². The number of carbonyl (C=O) groups excluding carboxylic acids is 1. The van der Waals surface area contributed by atoms with Crippen molar-refractivity contribution in [1.82, 2.24) is 9.29 Å². The maximum Gasteiger partial charge on any atom is 0.243 e. The molecule has 1 amide bonds. The highest BCUT2D eigenvalue weighted by atomic mass is 32.2. The highest BCUT2D eigenvalue weighted by Crippen LogP contribution is 2.28. The Morgan fingerprint density at radius 2 is 2.00 bits per heavy atom. The Morgan fingerprint density at radius 3 is 2.73 bits per heavy atom. The fraction of sp³-hybridized carbons (Fsp3) is 0.333. The summed E-state index contributed by atoms with van der Waals surface area (Å²) < 4.78 is 30.6. The van der Waals surface area contributed by atoms with E-state index in [1.165, 1.54) is 10.6 Å². The van der Waals surface area contributed by atoms with E-state index in [9.17, 15) is 13.2 Å². The van der Waals surface area contributed by atoms with Gasteiger partial charge in [-0.25, -0.2) is 17.7 Å². The maximum absolute atomic E-state index is 12.6. The number of carbonyl (C=O) groups is 1. The minimum atomic E-state index is -3.30. The summed E-state index contributed by atoms with van der Waals surface area (Å²) in [6.45, 7) is 0.650. The average molecular weight is 375 g/mol. The summed E-state index contributed by atoms with van der Waals surface area (Å²) in [7, 11) is -3.30. The standard InChI is InChI=1S/C18H21N3O4S/c1-26(23,24)21-12-6-7-14(13-21)17(22)20-16-10-5-11-19-18(16)25-15-8-3-2-4-9-15/h2-5,8-11,14H,6-7,12-13H2,1H3,(H,20,22). The normalized spacial score (nSPS) is 18.3. The van der Waals surface area contributed by atoms with Gasteiger partial charge in [0.2, 0.25) is 21.8 Å². The van der Waals surface area contributed by atoms with Crippen molar-refractivity contribution in [2.24, 2.45) is 5.92 Å². The number of rotatable bonds is 5. The molecule has 1 saturated heterocycles. The van der Waals surface area contributed by atoms with Crippen molar-refractivity contribution in [3.63, 3.8) is 0 Å². The molecule has 0 saturated carbocycles. The number of anilines is 1. The third kappa shape index (κ3) is 4.59. The fourth-order valence-corrected chi connectivity index (χ4v) is 3.77. The third-order valence-corrected chi connectivity index (χ3v) is 5.48. The van der Waals surface area contributed by atoms with Gasteiger partial charge in [-0.1, -0.05) is 18.2 Å². The van der Waals surface area contributed by atoms with E-state index in [1.807, 2.05) is 18.2 Å². The molecule has 2 aromatic rings. The lowest BCUT2D eigenvalue weighted by Gasteiger charge is -2.30. The van der Waals surface area contributed by atoms with Crippen LogP contribution in [-0.2, 0) is 14.8 Å². The highest BCUT2D eigenvalue weighted by Gasteiger charge is 2.30. The van der Waals surface area contributed by atoms with Crippen molar-refractivity contribution < 1.29 is 17.9 Å². The number of hydrogen-bond acceptors (Lipinski definition) is 5. The second-order valence-electron chi connectivity index (χ2n) is 6.22. The van der Waals surface area contributed by atoms with Crippen molar-refractivity contribution in [3.05, 3.63) is 48.7 Å². The molecule has 1 aromatic carbocycles. The van der Waals surface area contributed by atoms with Crippen molar-refractivity contribution in [2.75, 3.05) is 24.7 Å². The molecule has 138 valence electrons. The largest absolute Gasteiger partial charge is 0.437 e. The number of pyridine rings is 1. The van der Waals surface area contributed by atoms with Crippen LogP contribution in [0.15, 0.2) is 48.7 Å². The van der Waals surface area contributed by atoms with Gasteiger partial charge in [0.1, 0.15) is 11.4 Å². The van der Waals surface area contributed by atoms with Crippen molar-refractivity contribution in [2.45, 2.75) is 12.8 Å². The second-order valence-corrected chi connectivity index (χ2v) is 8.20. The Labute approximate surface area is 153 Å². The van der Waals surface area contributed by atoms with E-state index < -0.39 is 15.9 Å². The molecule has 3 rings (SSSR count). The third-order valence-electron chi connectivity index (χ3n) is 4.21. The molecule has 1 N–H and O–H groups in total. The van der Waals surface area contributed by atoms with Gasteiger partial charge >= 0.3 is 0 Å². The Kier molecular flexibility index (Phi) is 5.53. The number of para-hydroxylation sites is 1. The molecule has 0 aliphatic carbocycles. The topological polar surface area (TPSA) is 88.6 Å². The predicted octanol–water partition coefficient (Wildman–Crippen LogP) is 2.48. The number of hydrogen-bond donors (Lipinski definition) is 1. The monoisotopic (exact) mass is 375 g/mol. The van der Waals surface area contributed by atoms with Crippen LogP contribution in [0.5, 0.6) is 11.6 Å². The van der Waals surface area contributed by atoms with Crippen molar-refractivity contribution in [1.29, 1.82) is 0 Å². The summed E-state index contributed by atoms with van der Waals surface area (Å²) >= 11 is 0. The Morgan fingerprint density at radius 1 is 1.23 bits per heavy atom. The fourth-order valence-electron chi connectivity index (χ4n) is 2.86. The molecule has 1 aromatic heterocycles. The molecule has 2 heterocycles. The number of nitrogens with zero attached hydrogens (tertiary/aromatic N) is 2. The first-order valence-corrected chi connectivity index (χ1v) is 10.2. The number of amides is 1. The molecule has 1 aliphatic heterocycles. The van der Waals surface area contributed by atoms with E-state index in [2.05, 4.69) is 10.3 Å². The summed E-state index contributed by atoms with van der Waals surface area (Å²) in [6, 6.07) is 12.6. The highest BCUT2D eigenvalue weighted by molar-refractivity contribution is 7.88. The van der Waals surface area contributed by atoms with Crippen LogP contribution >= 0.6 is 0 Å². The van der Waals surface area contributed by atoms with Crippen LogP contribution in [0.25, 0.3) is 0 Å². The van der Waals surface area contributed by atoms with E-state index in [4.69, 9.17) is 4.74 Å². The van der Waals surface area contributed by atoms with Gasteiger partial charge in [0.05, 0.1) is 12.2 Å². The quantitative estimate of drug-likeness (QED) is 0.867. The van der Waals surface area contributed by atoms with E-state index in [0.717, 1.165) is 0 Å². The number of ether oxygens (including phenoxy) is 1. The number of nitrogens with one attached hydrogen (secondary N) is 1. The SMILES string of the molecule is CS(=O)(=O)N1CCCC(C(=O)Nc2cccnc2Oc2ccccc2)C1. The van der Waals surface area contributed by atoms with Gasteiger partial charge in [0, 0.05) is 19.3 Å². The van der Waals surface area contributed by atoms with Gasteiger partial charge in [0.15, 0.2) is 0 Å². The molecule has 8 heteroatoms. The second kappa shape index (κ2) is 7.84. The summed E-state index contributed by atoms with van der Waals surface area (Å²) in [5, 5.41) is 2.82. The molecule has 1 unspecified atom stereocenters. The lowest BCUT2D eigenvalue weighted by atomic mass is 9.99. The lowest BCUT2D eigenvalue weighted by Crippen LogP contribution is -2.43. The van der Waals surface area contributed by atoms with Gasteiger partial charge in [-0.05, 0) is 37.1 Å². The Balaban J connectivity index is 1.71. The van der Waals surface area contributed by atoms with Crippen molar-refractivity contribution >= 4 is 21.6 Å². The first-order valence-electron chi connectivity index (χ1n) is 8.37. The lowest BCUT2D eigenvalue weighted by molar-refractivity contribution is -0.120. The zero-order valence-electron chi connectivity index (χ0n) is 14.5. The van der Waals surface area contributed by atoms with Crippen LogP contribution in [0.4, 0.5) is 5.69 Å². The van der Waals surface area contributed by atoms with Gasteiger partial charge < -0.3 is 10.1 Å². The first kappa shape index (κ1) is 18.3. The zero-order chi connectivity index (χ0) is 18.6. The number of benzene rings is 1. The van der Waals surface area contributed by atoms with E-state index >= 15 is 0 Å². The van der Waals surface area contributed by atoms with Gasteiger partial charge in [-0.3, -0.25) is 4.79 Å². The predicted molar refractivity (Wildman–Crippen MR) is 98.5 cm³/mol. The van der Waals surface area contributed by atoms with Crippen molar-refractivity contribution in [3.8, 4) is 11.6 Å². The van der Waals surface area contributed by atoms with Crippen LogP contribution in [0.2, 0.25) is 0 Å². The van der Waals surface area contributed by atoms with Gasteiger partial charge in [0.25, 0.3) is 0 Å². The summed E-state index contributed by atoms with van der Waals surface area (Å²) in [5.74, 6) is 0.276. The summed E-state index contributed by atoms with van der Waals surface area (Å²) in [4.78, 5) is 16.8. The van der Waals surface area contributed by atoms with Crippen LogP contribution in [0.1, 0.15) is 12.8 Å². The van der Waals surface area contributed by atoms with E-state index in [-0.39, 0.29) is 12.5 Å². The van der Waals surface area contributed by atoms with Crippen LogP contribution in [0.3, 0.4) is 0 Å². The molecular formula is C18H21N3O4S. The molecular weight excluding hydrogens is 354 g/mol. The number of piperidine rings is 1. The summed E-state index contributed by atoms with van der Waals surface area (Å²) in [5.41, 5.74) is 0.456. The molecule has 1 aliphatic rings. The average Bonchev–Trinajstić information content (AvgIpc) is 2.63. The van der Waals surface area contributed by atoms with E-state index in [1.54, 1.807) is 30.5 Å². The van der Waals surface area contributed by atoms with Gasteiger partial charge in [-0.2, -0.15) is 0 Å². The molecule has 26 heavy (non-hydrogen) atoms. The smallest absolute Gasteiger partial charge is 0.243 e. The molecule has 0 bridgehead atoms. The first-order chi connectivity index (χ1) is 12.4. The molecule has 1 fully saturated rings. The molecule has 7 nitrogen and oxygen atoms in total.